The summed E-state index contributed by atoms with van der Waals surface area (Å²) in [7, 11) is 3.90. The first kappa shape index (κ1) is 14.4. The minimum atomic E-state index is 0.424. The molecule has 0 spiro atoms. The highest BCUT2D eigenvalue weighted by atomic mass is 35.5. The second kappa shape index (κ2) is 6.08. The van der Waals surface area contributed by atoms with Gasteiger partial charge >= 0.3 is 0 Å². The summed E-state index contributed by atoms with van der Waals surface area (Å²) in [6, 6.07) is 14.7. The number of halogens is 1. The summed E-state index contributed by atoms with van der Waals surface area (Å²) < 4.78 is 5.38. The van der Waals surface area contributed by atoms with Crippen LogP contribution in [0.1, 0.15) is 29.0 Å². The maximum Gasteiger partial charge on any atom is 0.119 e. The fourth-order valence-electron chi connectivity index (χ4n) is 3.10. The van der Waals surface area contributed by atoms with Gasteiger partial charge in [0.05, 0.1) is 7.11 Å². The van der Waals surface area contributed by atoms with E-state index in [0.717, 1.165) is 30.3 Å². The van der Waals surface area contributed by atoms with Crippen molar-refractivity contribution in [1.82, 2.24) is 4.90 Å². The van der Waals surface area contributed by atoms with Gasteiger partial charge in [-0.1, -0.05) is 29.8 Å². The predicted octanol–water partition coefficient (Wildman–Crippen LogP) is 4.32. The number of rotatable bonds is 2. The molecule has 2 nitrogen and oxygen atoms in total. The Balaban J connectivity index is 2.04. The molecule has 1 aliphatic heterocycles. The van der Waals surface area contributed by atoms with Gasteiger partial charge in [-0.15, -0.1) is 0 Å². The zero-order valence-electron chi connectivity index (χ0n) is 12.5. The molecular weight excluding hydrogens is 282 g/mol. The van der Waals surface area contributed by atoms with Crippen LogP contribution in [-0.2, 0) is 6.54 Å². The van der Waals surface area contributed by atoms with E-state index >= 15 is 0 Å². The monoisotopic (exact) mass is 301 g/mol. The lowest BCUT2D eigenvalue weighted by Gasteiger charge is -2.18. The summed E-state index contributed by atoms with van der Waals surface area (Å²) in [5.41, 5.74) is 4.10. The average Bonchev–Trinajstić information content (AvgIpc) is 2.65. The van der Waals surface area contributed by atoms with Crippen LogP contribution in [-0.4, -0.2) is 25.6 Å². The fraction of sp³-hybridized carbons (Fsp3) is 0.333. The third kappa shape index (κ3) is 3.07. The molecule has 0 aromatic heterocycles. The van der Waals surface area contributed by atoms with Crippen LogP contribution in [0.5, 0.6) is 5.75 Å². The molecule has 0 aliphatic carbocycles. The number of nitrogens with zero attached hydrogens (tertiary/aromatic N) is 1. The Morgan fingerprint density at radius 1 is 1.14 bits per heavy atom. The molecule has 1 unspecified atom stereocenters. The summed E-state index contributed by atoms with van der Waals surface area (Å²) in [4.78, 5) is 2.37. The molecule has 110 valence electrons. The van der Waals surface area contributed by atoms with Gasteiger partial charge in [-0.05, 0) is 61.0 Å². The van der Waals surface area contributed by atoms with E-state index < -0.39 is 0 Å². The van der Waals surface area contributed by atoms with Gasteiger partial charge in [0.25, 0.3) is 0 Å². The molecule has 1 heterocycles. The SMILES string of the molecule is COc1ccc2c(c1)CN(C)CCC2c1ccc(Cl)cc1. The smallest absolute Gasteiger partial charge is 0.119 e. The molecule has 21 heavy (non-hydrogen) atoms. The molecule has 0 saturated carbocycles. The quantitative estimate of drug-likeness (QED) is 0.819. The van der Waals surface area contributed by atoms with Crippen molar-refractivity contribution in [2.24, 2.45) is 0 Å². The highest BCUT2D eigenvalue weighted by molar-refractivity contribution is 6.30. The first-order chi connectivity index (χ1) is 10.2. The van der Waals surface area contributed by atoms with Gasteiger partial charge in [0, 0.05) is 17.5 Å². The maximum atomic E-state index is 6.02. The van der Waals surface area contributed by atoms with E-state index in [1.54, 1.807) is 7.11 Å². The third-order valence-corrected chi connectivity index (χ3v) is 4.49. The molecule has 3 rings (SSSR count). The predicted molar refractivity (Wildman–Crippen MR) is 87.2 cm³/mol. The van der Waals surface area contributed by atoms with E-state index in [0.29, 0.717) is 5.92 Å². The lowest BCUT2D eigenvalue weighted by molar-refractivity contribution is 0.327. The normalized spacial score (nSPS) is 18.9. The van der Waals surface area contributed by atoms with Crippen molar-refractivity contribution in [2.45, 2.75) is 18.9 Å². The Morgan fingerprint density at radius 2 is 1.90 bits per heavy atom. The molecule has 0 radical (unpaired) electrons. The highest BCUT2D eigenvalue weighted by Gasteiger charge is 2.22. The van der Waals surface area contributed by atoms with E-state index in [-0.39, 0.29) is 0 Å². The van der Waals surface area contributed by atoms with Crippen molar-refractivity contribution in [3.05, 3.63) is 64.2 Å². The number of methoxy groups -OCH3 is 1. The van der Waals surface area contributed by atoms with Crippen molar-refractivity contribution < 1.29 is 4.74 Å². The van der Waals surface area contributed by atoms with E-state index in [4.69, 9.17) is 16.3 Å². The van der Waals surface area contributed by atoms with E-state index in [2.05, 4.69) is 42.3 Å². The number of hydrogen-bond acceptors (Lipinski definition) is 2. The van der Waals surface area contributed by atoms with Gasteiger partial charge in [0.15, 0.2) is 0 Å². The summed E-state index contributed by atoms with van der Waals surface area (Å²) in [6.07, 6.45) is 1.12. The van der Waals surface area contributed by atoms with Gasteiger partial charge in [0.2, 0.25) is 0 Å². The van der Waals surface area contributed by atoms with E-state index in [1.165, 1.54) is 16.7 Å². The van der Waals surface area contributed by atoms with Gasteiger partial charge in [-0.25, -0.2) is 0 Å². The average molecular weight is 302 g/mol. The molecule has 0 N–H and O–H groups in total. The Kier molecular flexibility index (Phi) is 4.18. The van der Waals surface area contributed by atoms with Crippen molar-refractivity contribution in [1.29, 1.82) is 0 Å². The first-order valence-electron chi connectivity index (χ1n) is 7.28. The first-order valence-corrected chi connectivity index (χ1v) is 7.66. The van der Waals surface area contributed by atoms with Crippen LogP contribution in [0.2, 0.25) is 5.02 Å². The lowest BCUT2D eigenvalue weighted by Crippen LogP contribution is -2.17. The zero-order valence-corrected chi connectivity index (χ0v) is 13.2. The number of ether oxygens (including phenoxy) is 1. The Bertz CT molecular complexity index is 624. The highest BCUT2D eigenvalue weighted by Crippen LogP contribution is 2.35. The molecule has 0 saturated heterocycles. The number of fused-ring (bicyclic) bond motifs is 1. The molecule has 0 bridgehead atoms. The Labute approximate surface area is 131 Å². The van der Waals surface area contributed by atoms with Crippen LogP contribution in [0, 0.1) is 0 Å². The van der Waals surface area contributed by atoms with Crippen LogP contribution in [0.25, 0.3) is 0 Å². The van der Waals surface area contributed by atoms with Crippen molar-refractivity contribution in [2.75, 3.05) is 20.7 Å². The van der Waals surface area contributed by atoms with Crippen LogP contribution in [0.15, 0.2) is 42.5 Å². The van der Waals surface area contributed by atoms with Crippen LogP contribution < -0.4 is 4.74 Å². The van der Waals surface area contributed by atoms with Crippen molar-refractivity contribution >= 4 is 11.6 Å². The minimum absolute atomic E-state index is 0.424. The third-order valence-electron chi connectivity index (χ3n) is 4.24. The second-order valence-electron chi connectivity index (χ2n) is 5.70. The molecule has 0 amide bonds. The molecule has 1 atom stereocenters. The molecule has 3 heteroatoms. The molecule has 1 aliphatic rings. The Hall–Kier alpha value is -1.51. The Morgan fingerprint density at radius 3 is 2.62 bits per heavy atom. The summed E-state index contributed by atoms with van der Waals surface area (Å²) in [6.45, 7) is 2.06. The molecular formula is C18H20ClNO. The van der Waals surface area contributed by atoms with E-state index in [9.17, 15) is 0 Å². The zero-order chi connectivity index (χ0) is 14.8. The molecule has 2 aromatic carbocycles. The van der Waals surface area contributed by atoms with Crippen molar-refractivity contribution in [3.8, 4) is 5.75 Å². The molecule has 0 fully saturated rings. The minimum Gasteiger partial charge on any atom is -0.497 e. The van der Waals surface area contributed by atoms with E-state index in [1.807, 2.05) is 12.1 Å². The van der Waals surface area contributed by atoms with Gasteiger partial charge in [-0.3, -0.25) is 0 Å². The summed E-state index contributed by atoms with van der Waals surface area (Å²) in [5.74, 6) is 1.35. The van der Waals surface area contributed by atoms with Crippen LogP contribution >= 0.6 is 11.6 Å². The summed E-state index contributed by atoms with van der Waals surface area (Å²) >= 11 is 6.02. The van der Waals surface area contributed by atoms with Crippen LogP contribution in [0.3, 0.4) is 0 Å². The second-order valence-corrected chi connectivity index (χ2v) is 6.13. The number of benzene rings is 2. The topological polar surface area (TPSA) is 12.5 Å². The standard InChI is InChI=1S/C18H20ClNO/c1-20-10-9-18(13-3-5-15(19)6-4-13)17-8-7-16(21-2)11-14(17)12-20/h3-8,11,18H,9-10,12H2,1-2H3. The lowest BCUT2D eigenvalue weighted by atomic mass is 9.86. The summed E-state index contributed by atoms with van der Waals surface area (Å²) in [5, 5.41) is 0.791. The van der Waals surface area contributed by atoms with Crippen molar-refractivity contribution in [3.63, 3.8) is 0 Å². The van der Waals surface area contributed by atoms with Crippen LogP contribution in [0.4, 0.5) is 0 Å². The fourth-order valence-corrected chi connectivity index (χ4v) is 3.23. The van der Waals surface area contributed by atoms with Gasteiger partial charge in [-0.2, -0.15) is 0 Å². The van der Waals surface area contributed by atoms with Gasteiger partial charge < -0.3 is 9.64 Å². The van der Waals surface area contributed by atoms with Gasteiger partial charge in [0.1, 0.15) is 5.75 Å². The number of hydrogen-bond donors (Lipinski definition) is 0. The largest absolute Gasteiger partial charge is 0.497 e. The molecule has 2 aromatic rings. The maximum absolute atomic E-state index is 6.02.